The van der Waals surface area contributed by atoms with Crippen molar-refractivity contribution in [3.05, 3.63) is 36.5 Å². The average Bonchev–Trinajstić information content (AvgIpc) is 3.25. The van der Waals surface area contributed by atoms with Gasteiger partial charge in [-0.2, -0.15) is 17.6 Å². The van der Waals surface area contributed by atoms with E-state index >= 15 is 0 Å². The van der Waals surface area contributed by atoms with E-state index in [0.717, 1.165) is 32.0 Å². The van der Waals surface area contributed by atoms with Crippen LogP contribution in [0.1, 0.15) is 12.8 Å². The van der Waals surface area contributed by atoms with Crippen LogP contribution in [0.25, 0.3) is 16.8 Å². The first-order valence-electron chi connectivity index (χ1n) is 10.4. The molecule has 1 saturated heterocycles. The number of nitrogens with one attached hydrogen (secondary N) is 1. The van der Waals surface area contributed by atoms with Gasteiger partial charge in [0.05, 0.1) is 12.1 Å². The van der Waals surface area contributed by atoms with Crippen molar-refractivity contribution in [1.82, 2.24) is 19.5 Å². The normalized spacial score (nSPS) is 17.1. The Balaban J connectivity index is 1.65. The highest BCUT2D eigenvalue weighted by atomic mass is 19.3. The molecule has 2 aromatic heterocycles. The number of anilines is 1. The minimum absolute atomic E-state index is 0.0905. The number of fused-ring (bicyclic) bond motifs is 1. The van der Waals surface area contributed by atoms with E-state index in [1.54, 1.807) is 22.7 Å². The molecular weight excluding hydrogens is 446 g/mol. The highest BCUT2D eigenvalue weighted by Crippen LogP contribution is 2.36. The lowest BCUT2D eigenvalue weighted by Crippen LogP contribution is -2.43. The van der Waals surface area contributed by atoms with Crippen molar-refractivity contribution in [2.75, 3.05) is 31.6 Å². The Labute approximate surface area is 186 Å². The fraction of sp³-hybridized carbons (Fsp3) is 0.429. The molecule has 0 radical (unpaired) electrons. The van der Waals surface area contributed by atoms with Crippen molar-refractivity contribution in [2.45, 2.75) is 32.1 Å². The second-order valence-electron chi connectivity index (χ2n) is 7.56. The van der Waals surface area contributed by atoms with Crippen LogP contribution in [0, 0.1) is 0 Å². The maximum atomic E-state index is 13.0. The maximum Gasteiger partial charge on any atom is 0.387 e. The first kappa shape index (κ1) is 23.1. The van der Waals surface area contributed by atoms with E-state index in [1.807, 2.05) is 0 Å². The third-order valence-corrected chi connectivity index (χ3v) is 5.37. The minimum Gasteiger partial charge on any atom is -0.435 e. The number of rotatable bonds is 9. The number of alkyl halides is 4. The van der Waals surface area contributed by atoms with Crippen LogP contribution in [-0.4, -0.2) is 70.1 Å². The molecule has 0 aliphatic carbocycles. The van der Waals surface area contributed by atoms with E-state index in [0.29, 0.717) is 18.0 Å². The molecule has 1 aliphatic heterocycles. The largest absolute Gasteiger partial charge is 0.435 e. The molecule has 0 bridgehead atoms. The number of halogens is 4. The molecule has 2 N–H and O–H groups in total. The van der Waals surface area contributed by atoms with E-state index < -0.39 is 13.2 Å². The second kappa shape index (κ2) is 10.2. The van der Waals surface area contributed by atoms with Crippen LogP contribution in [0.3, 0.4) is 0 Å². The maximum absolute atomic E-state index is 13.0. The number of likely N-dealkylation sites (tertiary alicyclic amines) is 1. The standard InChI is InChI=1S/C21H23F4N5O3/c22-19(23)32-14-5-6-15(17(11-14)33-20(24)25)18-16-4-2-8-30(16)21(28-27-18)26-13-3-1-7-29(12-13)9-10-31/h2,4-6,8,11,13,19-20,31H,1,3,7,9-10,12H2,(H,26,28)/t13-/m1/s1. The van der Waals surface area contributed by atoms with Crippen molar-refractivity contribution in [3.63, 3.8) is 0 Å². The Hall–Kier alpha value is -3.12. The van der Waals surface area contributed by atoms with E-state index in [1.165, 1.54) is 12.1 Å². The van der Waals surface area contributed by atoms with Crippen LogP contribution in [-0.2, 0) is 0 Å². The molecular formula is C21H23F4N5O3. The third-order valence-electron chi connectivity index (χ3n) is 5.37. The third kappa shape index (κ3) is 5.45. The van der Waals surface area contributed by atoms with Crippen LogP contribution in [0.5, 0.6) is 11.5 Å². The van der Waals surface area contributed by atoms with Gasteiger partial charge in [-0.3, -0.25) is 9.30 Å². The molecule has 3 aromatic rings. The molecule has 0 saturated carbocycles. The number of β-amino-alcohol motifs (C(OH)–C–C–N with tert-alkyl or cyclic N) is 1. The number of hydrogen-bond acceptors (Lipinski definition) is 7. The Bertz CT molecular complexity index is 1080. The zero-order valence-corrected chi connectivity index (χ0v) is 17.5. The average molecular weight is 469 g/mol. The van der Waals surface area contributed by atoms with Crippen LogP contribution < -0.4 is 14.8 Å². The number of ether oxygens (including phenoxy) is 2. The smallest absolute Gasteiger partial charge is 0.387 e. The van der Waals surface area contributed by atoms with Crippen molar-refractivity contribution in [1.29, 1.82) is 0 Å². The Morgan fingerprint density at radius 1 is 1.12 bits per heavy atom. The summed E-state index contributed by atoms with van der Waals surface area (Å²) in [4.78, 5) is 2.16. The van der Waals surface area contributed by atoms with Gasteiger partial charge in [0.25, 0.3) is 0 Å². The summed E-state index contributed by atoms with van der Waals surface area (Å²) in [7, 11) is 0. The van der Waals surface area contributed by atoms with Crippen LogP contribution in [0.2, 0.25) is 0 Å². The quantitative estimate of drug-likeness (QED) is 0.465. The summed E-state index contributed by atoms with van der Waals surface area (Å²) in [5, 5.41) is 21.0. The topological polar surface area (TPSA) is 84.2 Å². The van der Waals surface area contributed by atoms with Gasteiger partial charge in [0.15, 0.2) is 0 Å². The predicted octanol–water partition coefficient (Wildman–Crippen LogP) is 3.47. The minimum atomic E-state index is -3.17. The first-order chi connectivity index (χ1) is 15.9. The fourth-order valence-corrected chi connectivity index (χ4v) is 4.01. The zero-order chi connectivity index (χ0) is 23.4. The summed E-state index contributed by atoms with van der Waals surface area (Å²) < 4.78 is 61.7. The van der Waals surface area contributed by atoms with Gasteiger partial charge < -0.3 is 19.9 Å². The molecule has 8 nitrogen and oxygen atoms in total. The molecule has 0 spiro atoms. The lowest BCUT2D eigenvalue weighted by atomic mass is 10.1. The van der Waals surface area contributed by atoms with E-state index in [4.69, 9.17) is 0 Å². The number of benzene rings is 1. The van der Waals surface area contributed by atoms with Gasteiger partial charge in [-0.15, -0.1) is 10.2 Å². The number of hydrogen-bond donors (Lipinski definition) is 2. The number of piperidine rings is 1. The monoisotopic (exact) mass is 469 g/mol. The van der Waals surface area contributed by atoms with Gasteiger partial charge in [0.1, 0.15) is 17.2 Å². The van der Waals surface area contributed by atoms with Gasteiger partial charge >= 0.3 is 13.2 Å². The van der Waals surface area contributed by atoms with Crippen molar-refractivity contribution < 1.29 is 32.1 Å². The van der Waals surface area contributed by atoms with Crippen molar-refractivity contribution in [3.8, 4) is 22.8 Å². The molecule has 12 heteroatoms. The number of aromatic nitrogens is 3. The summed E-state index contributed by atoms with van der Waals surface area (Å²) in [5.74, 6) is -0.191. The molecule has 3 heterocycles. The molecule has 1 aromatic carbocycles. The van der Waals surface area contributed by atoms with Gasteiger partial charge in [0, 0.05) is 37.0 Å². The van der Waals surface area contributed by atoms with E-state index in [9.17, 15) is 22.7 Å². The van der Waals surface area contributed by atoms with Gasteiger partial charge in [0.2, 0.25) is 5.95 Å². The highest BCUT2D eigenvalue weighted by Gasteiger charge is 2.22. The zero-order valence-electron chi connectivity index (χ0n) is 17.5. The highest BCUT2D eigenvalue weighted by molar-refractivity contribution is 5.81. The Morgan fingerprint density at radius 2 is 1.94 bits per heavy atom. The predicted molar refractivity (Wildman–Crippen MR) is 112 cm³/mol. The lowest BCUT2D eigenvalue weighted by molar-refractivity contribution is -0.0540. The Morgan fingerprint density at radius 3 is 2.70 bits per heavy atom. The molecule has 1 aliphatic rings. The van der Waals surface area contributed by atoms with Crippen molar-refractivity contribution >= 4 is 11.5 Å². The summed E-state index contributed by atoms with van der Waals surface area (Å²) in [5.41, 5.74) is 0.971. The van der Waals surface area contributed by atoms with Crippen LogP contribution >= 0.6 is 0 Å². The molecule has 0 amide bonds. The molecule has 4 rings (SSSR count). The molecule has 178 valence electrons. The summed E-state index contributed by atoms with van der Waals surface area (Å²) in [6.07, 6.45) is 3.65. The summed E-state index contributed by atoms with van der Waals surface area (Å²) in [6.45, 7) is -3.93. The fourth-order valence-electron chi connectivity index (χ4n) is 4.01. The lowest BCUT2D eigenvalue weighted by Gasteiger charge is -2.32. The number of aliphatic hydroxyl groups is 1. The first-order valence-corrected chi connectivity index (χ1v) is 10.4. The number of nitrogens with zero attached hydrogens (tertiary/aromatic N) is 4. The second-order valence-corrected chi connectivity index (χ2v) is 7.56. The van der Waals surface area contributed by atoms with Crippen molar-refractivity contribution in [2.24, 2.45) is 0 Å². The van der Waals surface area contributed by atoms with E-state index in [2.05, 4.69) is 29.9 Å². The molecule has 0 unspecified atom stereocenters. The van der Waals surface area contributed by atoms with E-state index in [-0.39, 0.29) is 35.4 Å². The van der Waals surface area contributed by atoms with Gasteiger partial charge in [-0.1, -0.05) is 0 Å². The van der Waals surface area contributed by atoms with Gasteiger partial charge in [-0.25, -0.2) is 0 Å². The van der Waals surface area contributed by atoms with Gasteiger partial charge in [-0.05, 0) is 43.7 Å². The Kier molecular flexibility index (Phi) is 7.14. The number of aliphatic hydroxyl groups excluding tert-OH is 1. The molecule has 1 atom stereocenters. The molecule has 33 heavy (non-hydrogen) atoms. The van der Waals surface area contributed by atoms with Crippen LogP contribution in [0.15, 0.2) is 36.5 Å². The van der Waals surface area contributed by atoms with Crippen LogP contribution in [0.4, 0.5) is 23.5 Å². The molecule has 1 fully saturated rings. The SMILES string of the molecule is OCCN1CCC[C@@H](Nc2nnc(-c3ccc(OC(F)F)cc3OC(F)F)c3cccn23)C1. The summed E-state index contributed by atoms with van der Waals surface area (Å²) >= 11 is 0. The summed E-state index contributed by atoms with van der Waals surface area (Å²) in [6, 6.07) is 7.12.